The number of likely N-dealkylation sites (tertiary alicyclic amines) is 1. The number of carboxylic acid groups (broad SMARTS) is 1. The number of hydrogen-bond donors (Lipinski definition) is 2. The van der Waals surface area contributed by atoms with Crippen LogP contribution in [0.2, 0.25) is 0 Å². The van der Waals surface area contributed by atoms with Crippen molar-refractivity contribution in [2.45, 2.75) is 70.5 Å². The van der Waals surface area contributed by atoms with Crippen molar-refractivity contribution in [1.82, 2.24) is 20.2 Å². The summed E-state index contributed by atoms with van der Waals surface area (Å²) < 4.78 is 0. The maximum Gasteiger partial charge on any atom is 0.326 e. The lowest BCUT2D eigenvalue weighted by Crippen LogP contribution is -2.58. The highest BCUT2D eigenvalue weighted by molar-refractivity contribution is 5.97. The van der Waals surface area contributed by atoms with Gasteiger partial charge in [-0.25, -0.2) is 10.2 Å². The topological polar surface area (TPSA) is 93.2 Å². The number of hydrazine groups is 1. The first-order valence-electron chi connectivity index (χ1n) is 12.0. The molecule has 8 nitrogen and oxygen atoms in total. The zero-order valence-corrected chi connectivity index (χ0v) is 19.5. The molecule has 33 heavy (non-hydrogen) atoms. The molecule has 0 spiro atoms. The van der Waals surface area contributed by atoms with Gasteiger partial charge in [-0.05, 0) is 37.8 Å². The monoisotopic (exact) mass is 454 g/mol. The Morgan fingerprint density at radius 1 is 1.18 bits per heavy atom. The van der Waals surface area contributed by atoms with Gasteiger partial charge in [0.05, 0.1) is 12.1 Å². The van der Waals surface area contributed by atoms with Crippen LogP contribution in [0.4, 0.5) is 0 Å². The van der Waals surface area contributed by atoms with Crippen molar-refractivity contribution in [2.24, 2.45) is 0 Å². The first-order valence-corrected chi connectivity index (χ1v) is 12.0. The molecule has 2 N–H and O–H groups in total. The maximum absolute atomic E-state index is 13.4. The van der Waals surface area contributed by atoms with Crippen molar-refractivity contribution >= 4 is 17.8 Å². The Kier molecular flexibility index (Phi) is 7.02. The van der Waals surface area contributed by atoms with E-state index >= 15 is 0 Å². The highest BCUT2D eigenvalue weighted by Crippen LogP contribution is 2.32. The molecule has 0 aliphatic carbocycles. The molecule has 3 atom stereocenters. The summed E-state index contributed by atoms with van der Waals surface area (Å²) in [5.41, 5.74) is 6.36. The van der Waals surface area contributed by atoms with Crippen molar-refractivity contribution in [3.63, 3.8) is 0 Å². The number of aliphatic carboxylic acids is 1. The van der Waals surface area contributed by atoms with Gasteiger partial charge in [-0.1, -0.05) is 56.0 Å². The van der Waals surface area contributed by atoms with Crippen molar-refractivity contribution in [2.75, 3.05) is 19.6 Å². The van der Waals surface area contributed by atoms with E-state index in [9.17, 15) is 19.5 Å². The van der Waals surface area contributed by atoms with Crippen molar-refractivity contribution in [3.8, 4) is 0 Å². The summed E-state index contributed by atoms with van der Waals surface area (Å²) in [4.78, 5) is 40.9. The number of benzene rings is 1. The van der Waals surface area contributed by atoms with E-state index in [1.807, 2.05) is 18.0 Å². The number of nitrogens with one attached hydrogen (secondary N) is 1. The third kappa shape index (κ3) is 4.90. The van der Waals surface area contributed by atoms with Gasteiger partial charge in [0.15, 0.2) is 0 Å². The van der Waals surface area contributed by atoms with E-state index in [2.05, 4.69) is 36.6 Å². The molecule has 2 amide bonds. The van der Waals surface area contributed by atoms with Gasteiger partial charge >= 0.3 is 5.97 Å². The number of amides is 2. The van der Waals surface area contributed by atoms with Crippen molar-refractivity contribution in [1.29, 1.82) is 0 Å². The SMILES string of the molecule is CCCCCC1CN(CC(=O)N2CCCC2C(=O)O)C(=O)C2=CC(c3ccc(C)cc3)NN21. The Morgan fingerprint density at radius 2 is 1.94 bits per heavy atom. The fraction of sp³-hybridized carbons (Fsp3) is 0.560. The van der Waals surface area contributed by atoms with Gasteiger partial charge < -0.3 is 14.9 Å². The molecule has 2 saturated heterocycles. The normalized spacial score (nSPS) is 24.8. The molecule has 178 valence electrons. The van der Waals surface area contributed by atoms with Crippen LogP contribution in [0.1, 0.15) is 62.6 Å². The third-order valence-corrected chi connectivity index (χ3v) is 6.93. The Morgan fingerprint density at radius 3 is 2.64 bits per heavy atom. The number of carboxylic acids is 1. The Hall–Kier alpha value is -2.87. The molecule has 8 heteroatoms. The van der Waals surface area contributed by atoms with E-state index in [0.29, 0.717) is 31.6 Å². The average molecular weight is 455 g/mol. The van der Waals surface area contributed by atoms with Crippen LogP contribution in [0, 0.1) is 6.92 Å². The second kappa shape index (κ2) is 9.95. The number of carbonyl (C=O) groups excluding carboxylic acids is 2. The van der Waals surface area contributed by atoms with Crippen LogP contribution in [-0.2, 0) is 14.4 Å². The quantitative estimate of drug-likeness (QED) is 0.587. The number of fused-ring (bicyclic) bond motifs is 1. The van der Waals surface area contributed by atoms with Gasteiger partial charge in [-0.15, -0.1) is 0 Å². The number of aryl methyl sites for hydroxylation is 1. The van der Waals surface area contributed by atoms with Gasteiger partial charge in [0.2, 0.25) is 5.91 Å². The summed E-state index contributed by atoms with van der Waals surface area (Å²) in [7, 11) is 0. The molecule has 0 radical (unpaired) electrons. The number of hydrogen-bond acceptors (Lipinski definition) is 5. The summed E-state index contributed by atoms with van der Waals surface area (Å²) >= 11 is 0. The molecule has 3 heterocycles. The lowest BCUT2D eigenvalue weighted by atomic mass is 10.0. The predicted molar refractivity (Wildman–Crippen MR) is 124 cm³/mol. The van der Waals surface area contributed by atoms with Crippen LogP contribution >= 0.6 is 0 Å². The van der Waals surface area contributed by atoms with E-state index in [4.69, 9.17) is 0 Å². The van der Waals surface area contributed by atoms with Crippen LogP contribution < -0.4 is 5.43 Å². The van der Waals surface area contributed by atoms with Gasteiger partial charge in [0, 0.05) is 13.1 Å². The number of carbonyl (C=O) groups is 3. The fourth-order valence-electron chi connectivity index (χ4n) is 5.06. The van der Waals surface area contributed by atoms with Crippen LogP contribution in [0.3, 0.4) is 0 Å². The summed E-state index contributed by atoms with van der Waals surface area (Å²) in [6, 6.07) is 7.45. The Balaban J connectivity index is 1.53. The lowest BCUT2D eigenvalue weighted by Gasteiger charge is -2.42. The largest absolute Gasteiger partial charge is 0.480 e. The summed E-state index contributed by atoms with van der Waals surface area (Å²) in [5, 5.41) is 11.4. The molecule has 0 bridgehead atoms. The Bertz CT molecular complexity index is 929. The molecule has 0 aromatic heterocycles. The molecular formula is C25H34N4O4. The van der Waals surface area contributed by atoms with Gasteiger partial charge in [-0.2, -0.15) is 0 Å². The molecule has 3 aliphatic heterocycles. The van der Waals surface area contributed by atoms with E-state index in [1.54, 1.807) is 4.90 Å². The minimum atomic E-state index is -0.974. The van der Waals surface area contributed by atoms with Gasteiger partial charge in [0.25, 0.3) is 5.91 Å². The molecular weight excluding hydrogens is 420 g/mol. The van der Waals surface area contributed by atoms with Crippen LogP contribution in [-0.4, -0.2) is 69.4 Å². The second-order valence-electron chi connectivity index (χ2n) is 9.36. The first-order chi connectivity index (χ1) is 15.9. The predicted octanol–water partition coefficient (Wildman–Crippen LogP) is 2.61. The van der Waals surface area contributed by atoms with Crippen LogP contribution in [0.25, 0.3) is 0 Å². The first kappa shape index (κ1) is 23.3. The van der Waals surface area contributed by atoms with Crippen LogP contribution in [0.5, 0.6) is 0 Å². The average Bonchev–Trinajstić information content (AvgIpc) is 3.45. The Labute approximate surface area is 195 Å². The molecule has 0 saturated carbocycles. The third-order valence-electron chi connectivity index (χ3n) is 6.93. The number of unbranched alkanes of at least 4 members (excludes halogenated alkanes) is 2. The van der Waals surface area contributed by atoms with Gasteiger partial charge in [0.1, 0.15) is 18.3 Å². The highest BCUT2D eigenvalue weighted by Gasteiger charge is 2.42. The van der Waals surface area contributed by atoms with E-state index in [1.165, 1.54) is 10.5 Å². The summed E-state index contributed by atoms with van der Waals surface area (Å²) in [5.74, 6) is -1.43. The van der Waals surface area contributed by atoms with Crippen molar-refractivity contribution < 1.29 is 19.5 Å². The van der Waals surface area contributed by atoms with E-state index in [-0.39, 0.29) is 30.4 Å². The second-order valence-corrected chi connectivity index (χ2v) is 9.36. The van der Waals surface area contributed by atoms with E-state index < -0.39 is 12.0 Å². The lowest BCUT2D eigenvalue weighted by molar-refractivity contribution is -0.150. The number of piperazine rings is 1. The number of nitrogens with zero attached hydrogens (tertiary/aromatic N) is 3. The summed E-state index contributed by atoms with van der Waals surface area (Å²) in [6.45, 7) is 5.02. The zero-order valence-electron chi connectivity index (χ0n) is 19.5. The zero-order chi connectivity index (χ0) is 23.5. The molecule has 3 unspecified atom stereocenters. The van der Waals surface area contributed by atoms with Crippen molar-refractivity contribution in [3.05, 3.63) is 47.2 Å². The maximum atomic E-state index is 13.4. The summed E-state index contributed by atoms with van der Waals surface area (Å²) in [6.07, 6.45) is 7.29. The molecule has 3 aliphatic rings. The minimum Gasteiger partial charge on any atom is -0.480 e. The van der Waals surface area contributed by atoms with Gasteiger partial charge in [-0.3, -0.25) is 14.6 Å². The van der Waals surface area contributed by atoms with E-state index in [0.717, 1.165) is 31.2 Å². The fourth-order valence-corrected chi connectivity index (χ4v) is 5.06. The smallest absolute Gasteiger partial charge is 0.326 e. The molecule has 1 aromatic rings. The molecule has 4 rings (SSSR count). The molecule has 1 aromatic carbocycles. The van der Waals surface area contributed by atoms with Crippen LogP contribution in [0.15, 0.2) is 36.0 Å². The number of rotatable bonds is 8. The standard InChI is InChI=1S/C25H34N4O4/c1-3-4-5-7-19-15-27(16-23(30)28-13-6-8-21(28)25(32)33)24(31)22-14-20(26-29(19)22)18-11-9-17(2)10-12-18/h9-12,14,19-21,26H,3-8,13,15-16H2,1-2H3,(H,32,33). The molecule has 2 fully saturated rings. The minimum absolute atomic E-state index is 0.0672. The highest BCUT2D eigenvalue weighted by atomic mass is 16.4.